The maximum atomic E-state index is 13.2. The Morgan fingerprint density at radius 1 is 1.17 bits per heavy atom. The van der Waals surface area contributed by atoms with Gasteiger partial charge in [0.1, 0.15) is 11.3 Å². The van der Waals surface area contributed by atoms with E-state index in [0.717, 1.165) is 10.8 Å². The van der Waals surface area contributed by atoms with Crippen molar-refractivity contribution in [2.45, 2.75) is 26.2 Å². The molecule has 1 amide bonds. The first-order chi connectivity index (χ1) is 14.1. The van der Waals surface area contributed by atoms with E-state index in [1.165, 1.54) is 19.1 Å². The first-order valence-corrected chi connectivity index (χ1v) is 8.72. The Hall–Kier alpha value is -3.57. The van der Waals surface area contributed by atoms with Gasteiger partial charge in [-0.2, -0.15) is 18.2 Å². The van der Waals surface area contributed by atoms with Crippen LogP contribution < -0.4 is 16.2 Å². The summed E-state index contributed by atoms with van der Waals surface area (Å²) >= 11 is 0. The molecule has 2 aromatic heterocycles. The first-order valence-electron chi connectivity index (χ1n) is 8.72. The third-order valence-electron chi connectivity index (χ3n) is 4.03. The highest BCUT2D eigenvalue weighted by atomic mass is 19.4. The van der Waals surface area contributed by atoms with Crippen molar-refractivity contribution in [3.05, 3.63) is 57.9 Å². The summed E-state index contributed by atoms with van der Waals surface area (Å²) in [5.74, 6) is -0.745. The van der Waals surface area contributed by atoms with E-state index in [2.05, 4.69) is 25.6 Å². The van der Waals surface area contributed by atoms with E-state index in [4.69, 9.17) is 0 Å². The van der Waals surface area contributed by atoms with Crippen molar-refractivity contribution in [1.82, 2.24) is 24.8 Å². The predicted molar refractivity (Wildman–Crippen MR) is 99.0 cm³/mol. The van der Waals surface area contributed by atoms with E-state index >= 15 is 0 Å². The predicted octanol–water partition coefficient (Wildman–Crippen LogP) is 2.09. The average Bonchev–Trinajstić information content (AvgIpc) is 2.68. The summed E-state index contributed by atoms with van der Waals surface area (Å²) in [6.45, 7) is 1.15. The van der Waals surface area contributed by atoms with E-state index in [0.29, 0.717) is 5.56 Å². The van der Waals surface area contributed by atoms with Crippen molar-refractivity contribution in [2.24, 2.45) is 0 Å². The topological polar surface area (TPSA) is 102 Å². The van der Waals surface area contributed by atoms with E-state index in [1.54, 1.807) is 12.1 Å². The van der Waals surface area contributed by atoms with Crippen LogP contribution in [0.3, 0.4) is 0 Å². The van der Waals surface area contributed by atoms with Crippen LogP contribution in [0, 0.1) is 5.82 Å². The molecule has 0 radical (unpaired) electrons. The molecule has 158 valence electrons. The number of carbonyl (C=O) groups excluding carboxylic acids is 1. The van der Waals surface area contributed by atoms with Gasteiger partial charge in [0, 0.05) is 26.6 Å². The van der Waals surface area contributed by atoms with Crippen molar-refractivity contribution >= 4 is 23.0 Å². The second-order valence-electron chi connectivity index (χ2n) is 6.28. The van der Waals surface area contributed by atoms with E-state index < -0.39 is 29.2 Å². The van der Waals surface area contributed by atoms with Crippen LogP contribution in [0.1, 0.15) is 18.2 Å². The molecule has 2 N–H and O–H groups in total. The van der Waals surface area contributed by atoms with Crippen LogP contribution in [-0.2, 0) is 24.1 Å². The minimum Gasteiger partial charge on any atom is -0.355 e. The Morgan fingerprint density at radius 3 is 2.50 bits per heavy atom. The van der Waals surface area contributed by atoms with Gasteiger partial charge in [-0.1, -0.05) is 12.1 Å². The molecule has 2 heterocycles. The Balaban J connectivity index is 1.97. The monoisotopic (exact) mass is 424 g/mol. The molecular weight excluding hydrogens is 408 g/mol. The lowest BCUT2D eigenvalue weighted by Crippen LogP contribution is -2.35. The molecule has 0 saturated carbocycles. The summed E-state index contributed by atoms with van der Waals surface area (Å²) in [7, 11) is 0. The van der Waals surface area contributed by atoms with Crippen LogP contribution in [0.4, 0.5) is 23.5 Å². The van der Waals surface area contributed by atoms with Gasteiger partial charge in [0.25, 0.3) is 5.56 Å². The van der Waals surface area contributed by atoms with E-state index in [-0.39, 0.29) is 36.7 Å². The van der Waals surface area contributed by atoms with Gasteiger partial charge in [-0.05, 0) is 17.7 Å². The van der Waals surface area contributed by atoms with Crippen LogP contribution >= 0.6 is 0 Å². The maximum absolute atomic E-state index is 13.2. The molecule has 0 bridgehead atoms. The summed E-state index contributed by atoms with van der Waals surface area (Å²) in [4.78, 5) is 34.9. The number of rotatable bonds is 6. The first kappa shape index (κ1) is 21.1. The van der Waals surface area contributed by atoms with Crippen LogP contribution in [0.25, 0.3) is 11.2 Å². The largest absolute Gasteiger partial charge is 0.438 e. The average molecular weight is 424 g/mol. The highest BCUT2D eigenvalue weighted by Gasteiger charge is 2.37. The molecule has 0 saturated heterocycles. The van der Waals surface area contributed by atoms with Crippen molar-refractivity contribution < 1.29 is 22.4 Å². The molecule has 30 heavy (non-hydrogen) atoms. The van der Waals surface area contributed by atoms with Gasteiger partial charge in [-0.15, -0.1) is 0 Å². The number of carbonyl (C=O) groups is 1. The van der Waals surface area contributed by atoms with Gasteiger partial charge in [0.05, 0.1) is 6.20 Å². The summed E-state index contributed by atoms with van der Waals surface area (Å²) in [6.07, 6.45) is -3.89. The second-order valence-corrected chi connectivity index (χ2v) is 6.28. The number of nitrogens with zero attached hydrogens (tertiary/aromatic N) is 4. The SMILES string of the molecule is CC(=O)NCCn1c(=O)c(C(F)(F)F)nc2cnc(NCc3ccc(F)cc3)nc21. The van der Waals surface area contributed by atoms with Gasteiger partial charge in [-0.3, -0.25) is 14.2 Å². The molecule has 0 aliphatic heterocycles. The lowest BCUT2D eigenvalue weighted by molar-refractivity contribution is -0.142. The maximum Gasteiger partial charge on any atom is 0.438 e. The molecule has 0 spiro atoms. The summed E-state index contributed by atoms with van der Waals surface area (Å²) < 4.78 is 53.4. The zero-order valence-corrected chi connectivity index (χ0v) is 15.6. The Morgan fingerprint density at radius 2 is 1.87 bits per heavy atom. The van der Waals surface area contributed by atoms with Gasteiger partial charge >= 0.3 is 6.18 Å². The fourth-order valence-electron chi connectivity index (χ4n) is 2.64. The molecule has 3 aromatic rings. The molecule has 0 unspecified atom stereocenters. The zero-order valence-electron chi connectivity index (χ0n) is 15.6. The Bertz CT molecular complexity index is 1130. The normalized spacial score (nSPS) is 11.5. The molecule has 0 atom stereocenters. The lowest BCUT2D eigenvalue weighted by Gasteiger charge is -2.14. The quantitative estimate of drug-likeness (QED) is 0.588. The van der Waals surface area contributed by atoms with Crippen molar-refractivity contribution in [2.75, 3.05) is 11.9 Å². The Kier molecular flexibility index (Phi) is 5.94. The van der Waals surface area contributed by atoms with Crippen molar-refractivity contribution in [1.29, 1.82) is 0 Å². The summed E-state index contributed by atoms with van der Waals surface area (Å²) in [5, 5.41) is 5.28. The zero-order chi connectivity index (χ0) is 21.9. The number of alkyl halides is 3. The molecule has 8 nitrogen and oxygen atoms in total. The number of amides is 1. The number of hydrogen-bond acceptors (Lipinski definition) is 6. The Labute approximate surface area is 167 Å². The molecule has 12 heteroatoms. The molecule has 0 aliphatic rings. The number of benzene rings is 1. The molecule has 1 aromatic carbocycles. The van der Waals surface area contributed by atoms with Gasteiger partial charge in [0.2, 0.25) is 17.5 Å². The summed E-state index contributed by atoms with van der Waals surface area (Å²) in [6, 6.07) is 5.65. The number of nitrogens with one attached hydrogen (secondary N) is 2. The van der Waals surface area contributed by atoms with Gasteiger partial charge in [0.15, 0.2) is 5.65 Å². The lowest BCUT2D eigenvalue weighted by atomic mass is 10.2. The smallest absolute Gasteiger partial charge is 0.355 e. The summed E-state index contributed by atoms with van der Waals surface area (Å²) in [5.41, 5.74) is -2.59. The van der Waals surface area contributed by atoms with Crippen LogP contribution in [-0.4, -0.2) is 32.0 Å². The fourth-order valence-corrected chi connectivity index (χ4v) is 2.64. The molecule has 3 rings (SSSR count). The molecule has 0 aliphatic carbocycles. The second kappa shape index (κ2) is 8.43. The van der Waals surface area contributed by atoms with Gasteiger partial charge in [-0.25, -0.2) is 14.4 Å². The molecular formula is C18H16F4N6O2. The number of fused-ring (bicyclic) bond motifs is 1. The van der Waals surface area contributed by atoms with Crippen molar-refractivity contribution in [3.8, 4) is 0 Å². The van der Waals surface area contributed by atoms with Gasteiger partial charge < -0.3 is 10.6 Å². The fraction of sp³-hybridized carbons (Fsp3) is 0.278. The van der Waals surface area contributed by atoms with E-state index in [1.807, 2.05) is 0 Å². The van der Waals surface area contributed by atoms with E-state index in [9.17, 15) is 27.2 Å². The third-order valence-corrected chi connectivity index (χ3v) is 4.03. The number of hydrogen-bond donors (Lipinski definition) is 2. The van der Waals surface area contributed by atoms with Crippen molar-refractivity contribution in [3.63, 3.8) is 0 Å². The van der Waals surface area contributed by atoms with Crippen LogP contribution in [0.15, 0.2) is 35.3 Å². The molecule has 0 fully saturated rings. The minimum atomic E-state index is -4.96. The van der Waals surface area contributed by atoms with Crippen LogP contribution in [0.2, 0.25) is 0 Å². The number of anilines is 1. The minimum absolute atomic E-state index is 0.0426. The standard InChI is InChI=1S/C18H16F4N6O2/c1-10(29)23-6-7-28-15-13(26-14(16(28)30)18(20,21)22)9-25-17(27-15)24-8-11-2-4-12(19)5-3-11/h2-5,9H,6-8H2,1H3,(H,23,29)(H,24,25,27). The number of halogens is 4. The van der Waals surface area contributed by atoms with Crippen LogP contribution in [0.5, 0.6) is 0 Å². The third kappa shape index (κ3) is 4.88. The highest BCUT2D eigenvalue weighted by molar-refractivity contribution is 5.73. The number of aromatic nitrogens is 4. The highest BCUT2D eigenvalue weighted by Crippen LogP contribution is 2.26.